The van der Waals surface area contributed by atoms with Crippen molar-refractivity contribution in [3.63, 3.8) is 0 Å². The summed E-state index contributed by atoms with van der Waals surface area (Å²) >= 11 is 3.47. The maximum Gasteiger partial charge on any atom is 0.151 e. The van der Waals surface area contributed by atoms with Crippen LogP contribution in [0.15, 0.2) is 75.8 Å². The molecule has 6 nitrogen and oxygen atoms in total. The van der Waals surface area contributed by atoms with Gasteiger partial charge in [0.15, 0.2) is 5.82 Å². The molecule has 2 heterocycles. The number of fused-ring (bicyclic) bond motifs is 1. The molecule has 0 aliphatic carbocycles. The van der Waals surface area contributed by atoms with Gasteiger partial charge >= 0.3 is 0 Å². The second kappa shape index (κ2) is 6.45. The normalized spacial score (nSPS) is 11.4. The second-order valence-corrected chi connectivity index (χ2v) is 6.37. The van der Waals surface area contributed by atoms with Crippen molar-refractivity contribution < 1.29 is 0 Å². The van der Waals surface area contributed by atoms with Crippen molar-refractivity contribution in [3.05, 3.63) is 65.5 Å². The highest BCUT2D eigenvalue weighted by Crippen LogP contribution is 2.33. The van der Waals surface area contributed by atoms with Gasteiger partial charge in [0.1, 0.15) is 5.69 Å². The quantitative estimate of drug-likeness (QED) is 0.458. The van der Waals surface area contributed by atoms with Crippen LogP contribution in [0.1, 0.15) is 0 Å². The van der Waals surface area contributed by atoms with Crippen molar-refractivity contribution in [2.75, 3.05) is 5.73 Å². The van der Waals surface area contributed by atoms with Crippen LogP contribution in [0.5, 0.6) is 0 Å². The standard InChI is InChI=1S/C18H13BrN6/c19-14-4-1-12-8-21-18(20)17(16(12)7-14)25-24-15-5-2-11(3-6-15)13-9-22-23-10-13/h1-10H,(H2,20,21)(H,22,23). The van der Waals surface area contributed by atoms with E-state index in [9.17, 15) is 0 Å². The van der Waals surface area contributed by atoms with Gasteiger partial charge in [0.2, 0.25) is 0 Å². The molecule has 0 unspecified atom stereocenters. The molecule has 0 aliphatic heterocycles. The number of aromatic amines is 1. The lowest BCUT2D eigenvalue weighted by molar-refractivity contribution is 1.09. The first-order valence-electron chi connectivity index (χ1n) is 7.55. The van der Waals surface area contributed by atoms with Gasteiger partial charge in [-0.05, 0) is 29.8 Å². The third-order valence-corrected chi connectivity index (χ3v) is 4.31. The maximum absolute atomic E-state index is 6.00. The first-order chi connectivity index (χ1) is 12.2. The van der Waals surface area contributed by atoms with Gasteiger partial charge in [-0.2, -0.15) is 10.2 Å². The minimum absolute atomic E-state index is 0.351. The summed E-state index contributed by atoms with van der Waals surface area (Å²) in [7, 11) is 0. The molecule has 3 N–H and O–H groups in total. The van der Waals surface area contributed by atoms with E-state index in [1.54, 1.807) is 12.4 Å². The average molecular weight is 393 g/mol. The molecule has 122 valence electrons. The number of nitrogens with one attached hydrogen (secondary N) is 1. The highest BCUT2D eigenvalue weighted by atomic mass is 79.9. The number of benzene rings is 2. The molecular weight excluding hydrogens is 380 g/mol. The number of aromatic nitrogens is 3. The zero-order valence-corrected chi connectivity index (χ0v) is 14.6. The highest BCUT2D eigenvalue weighted by molar-refractivity contribution is 9.10. The van der Waals surface area contributed by atoms with Crippen LogP contribution in [-0.4, -0.2) is 15.2 Å². The number of nitrogens with two attached hydrogens (primary N) is 1. The fourth-order valence-electron chi connectivity index (χ4n) is 2.53. The Hall–Kier alpha value is -3.06. The lowest BCUT2D eigenvalue weighted by atomic mass is 10.1. The molecule has 0 amide bonds. The molecule has 0 atom stereocenters. The zero-order valence-electron chi connectivity index (χ0n) is 13.0. The number of anilines is 1. The molecule has 4 rings (SSSR count). The van der Waals surface area contributed by atoms with Gasteiger partial charge in [-0.3, -0.25) is 5.10 Å². The molecule has 25 heavy (non-hydrogen) atoms. The number of nitrogens with zero attached hydrogens (tertiary/aromatic N) is 4. The van der Waals surface area contributed by atoms with Gasteiger partial charge in [0.05, 0.1) is 11.9 Å². The Kier molecular flexibility index (Phi) is 3.99. The lowest BCUT2D eigenvalue weighted by Crippen LogP contribution is -1.90. The summed E-state index contributed by atoms with van der Waals surface area (Å²) < 4.78 is 0.950. The highest BCUT2D eigenvalue weighted by Gasteiger charge is 2.07. The molecule has 0 fully saturated rings. The zero-order chi connectivity index (χ0) is 17.2. The van der Waals surface area contributed by atoms with Gasteiger partial charge in [0.25, 0.3) is 0 Å². The van der Waals surface area contributed by atoms with E-state index in [2.05, 4.69) is 41.3 Å². The number of pyridine rings is 1. The van der Waals surface area contributed by atoms with Crippen LogP contribution in [0.25, 0.3) is 21.9 Å². The van der Waals surface area contributed by atoms with Crippen molar-refractivity contribution in [2.24, 2.45) is 10.2 Å². The number of hydrogen-bond donors (Lipinski definition) is 2. The predicted octanol–water partition coefficient (Wildman–Crippen LogP) is 5.39. The van der Waals surface area contributed by atoms with Gasteiger partial charge in [-0.15, -0.1) is 5.11 Å². The molecule has 7 heteroatoms. The maximum atomic E-state index is 6.00. The number of rotatable bonds is 3. The Morgan fingerprint density at radius 2 is 1.80 bits per heavy atom. The molecule has 2 aromatic carbocycles. The topological polar surface area (TPSA) is 92.3 Å². The van der Waals surface area contributed by atoms with Gasteiger partial charge in [0, 0.05) is 33.2 Å². The molecule has 0 radical (unpaired) electrons. The number of halogens is 1. The van der Waals surface area contributed by atoms with Crippen LogP contribution >= 0.6 is 15.9 Å². The summed E-state index contributed by atoms with van der Waals surface area (Å²) in [6, 6.07) is 13.6. The van der Waals surface area contributed by atoms with Crippen molar-refractivity contribution >= 4 is 43.9 Å². The van der Waals surface area contributed by atoms with Crippen LogP contribution in [0.2, 0.25) is 0 Å². The molecule has 0 saturated carbocycles. The minimum Gasteiger partial charge on any atom is -0.382 e. The fourth-order valence-corrected chi connectivity index (χ4v) is 2.89. The Balaban J connectivity index is 1.69. The van der Waals surface area contributed by atoms with Crippen molar-refractivity contribution in [1.29, 1.82) is 0 Å². The summed E-state index contributed by atoms with van der Waals surface area (Å²) in [6.45, 7) is 0. The van der Waals surface area contributed by atoms with E-state index in [0.29, 0.717) is 11.5 Å². The predicted molar refractivity (Wildman–Crippen MR) is 102 cm³/mol. The van der Waals surface area contributed by atoms with E-state index in [1.165, 1.54) is 0 Å². The number of H-pyrrole nitrogens is 1. The van der Waals surface area contributed by atoms with E-state index in [-0.39, 0.29) is 0 Å². The van der Waals surface area contributed by atoms with Crippen molar-refractivity contribution in [1.82, 2.24) is 15.2 Å². The van der Waals surface area contributed by atoms with Crippen molar-refractivity contribution in [2.45, 2.75) is 0 Å². The molecule has 0 bridgehead atoms. The van der Waals surface area contributed by atoms with Crippen LogP contribution in [0, 0.1) is 0 Å². The van der Waals surface area contributed by atoms with Crippen LogP contribution in [0.3, 0.4) is 0 Å². The minimum atomic E-state index is 0.351. The lowest BCUT2D eigenvalue weighted by Gasteiger charge is -2.04. The second-order valence-electron chi connectivity index (χ2n) is 5.46. The van der Waals surface area contributed by atoms with E-state index in [0.717, 1.165) is 32.1 Å². The largest absolute Gasteiger partial charge is 0.382 e. The molecule has 2 aromatic heterocycles. The first kappa shape index (κ1) is 15.5. The molecule has 0 spiro atoms. The smallest absolute Gasteiger partial charge is 0.151 e. The summed E-state index contributed by atoms with van der Waals surface area (Å²) in [5.41, 5.74) is 9.38. The van der Waals surface area contributed by atoms with Crippen LogP contribution < -0.4 is 5.73 Å². The molecular formula is C18H13BrN6. The third kappa shape index (κ3) is 3.14. The molecule has 4 aromatic rings. The summed E-state index contributed by atoms with van der Waals surface area (Å²) in [6.07, 6.45) is 5.35. The summed E-state index contributed by atoms with van der Waals surface area (Å²) in [4.78, 5) is 4.20. The first-order valence-corrected chi connectivity index (χ1v) is 8.35. The number of nitrogen functional groups attached to an aromatic ring is 1. The van der Waals surface area contributed by atoms with Gasteiger partial charge in [-0.1, -0.05) is 34.1 Å². The van der Waals surface area contributed by atoms with Gasteiger partial charge < -0.3 is 5.73 Å². The Morgan fingerprint density at radius 3 is 2.56 bits per heavy atom. The molecule has 0 saturated heterocycles. The number of hydrogen-bond acceptors (Lipinski definition) is 5. The number of azo groups is 1. The SMILES string of the molecule is Nc1ncc2ccc(Br)cc2c1N=Nc1ccc(-c2cn[nH]c2)cc1. The van der Waals surface area contributed by atoms with Crippen LogP contribution in [0.4, 0.5) is 17.2 Å². The monoisotopic (exact) mass is 392 g/mol. The van der Waals surface area contributed by atoms with E-state index in [1.807, 2.05) is 48.7 Å². The van der Waals surface area contributed by atoms with Crippen molar-refractivity contribution in [3.8, 4) is 11.1 Å². The third-order valence-electron chi connectivity index (χ3n) is 3.82. The Labute approximate surface area is 151 Å². The van der Waals surface area contributed by atoms with Gasteiger partial charge in [-0.25, -0.2) is 4.98 Å². The van der Waals surface area contributed by atoms with E-state index < -0.39 is 0 Å². The van der Waals surface area contributed by atoms with E-state index in [4.69, 9.17) is 5.73 Å². The Morgan fingerprint density at radius 1 is 0.960 bits per heavy atom. The molecule has 0 aliphatic rings. The summed E-state index contributed by atoms with van der Waals surface area (Å²) in [5, 5.41) is 17.3. The van der Waals surface area contributed by atoms with E-state index >= 15 is 0 Å². The average Bonchev–Trinajstić information content (AvgIpc) is 3.16. The Bertz CT molecular complexity index is 1050. The summed E-state index contributed by atoms with van der Waals surface area (Å²) in [5.74, 6) is 0.351. The van der Waals surface area contributed by atoms with Crippen LogP contribution in [-0.2, 0) is 0 Å². The fraction of sp³-hybridized carbons (Fsp3) is 0.